The third-order valence-corrected chi connectivity index (χ3v) is 2.53. The molecule has 0 atom stereocenters. The highest BCUT2D eigenvalue weighted by atomic mass is 127. The van der Waals surface area contributed by atoms with Crippen LogP contribution in [0, 0.1) is 0 Å². The second-order valence-corrected chi connectivity index (χ2v) is 2.73. The predicted molar refractivity (Wildman–Crippen MR) is 39.2 cm³/mol. The Kier molecular flexibility index (Phi) is 2.11. The van der Waals surface area contributed by atoms with E-state index in [1.165, 1.54) is 0 Å². The van der Waals surface area contributed by atoms with E-state index in [4.69, 9.17) is 9.47 Å². The highest BCUT2D eigenvalue weighted by Gasteiger charge is 2.28. The highest BCUT2D eigenvalue weighted by molar-refractivity contribution is 14.1. The Labute approximate surface area is 62.7 Å². The van der Waals surface area contributed by atoms with Crippen LogP contribution in [0.4, 0.5) is 0 Å². The van der Waals surface area contributed by atoms with E-state index in [0.717, 1.165) is 17.6 Å². The number of hydrogen-bond acceptors (Lipinski definition) is 2. The van der Waals surface area contributed by atoms with Crippen molar-refractivity contribution in [1.29, 1.82) is 0 Å². The van der Waals surface area contributed by atoms with Crippen molar-refractivity contribution in [2.75, 3.05) is 17.6 Å². The average molecular weight is 228 g/mol. The number of ether oxygens (including phenoxy) is 2. The van der Waals surface area contributed by atoms with E-state index in [-0.39, 0.29) is 5.79 Å². The SMILES string of the molecule is CC1(CI)OCCO1. The molecule has 0 aromatic rings. The monoisotopic (exact) mass is 228 g/mol. The fourth-order valence-corrected chi connectivity index (χ4v) is 1.07. The lowest BCUT2D eigenvalue weighted by atomic mass is 10.4. The molecule has 0 N–H and O–H groups in total. The Morgan fingerprint density at radius 2 is 2.00 bits per heavy atom. The Balaban J connectivity index is 2.40. The number of halogens is 1. The molecule has 0 amide bonds. The van der Waals surface area contributed by atoms with Crippen LogP contribution in [-0.4, -0.2) is 23.4 Å². The van der Waals surface area contributed by atoms with E-state index in [0.29, 0.717) is 0 Å². The molecular weight excluding hydrogens is 219 g/mol. The Hall–Kier alpha value is 0.650. The maximum atomic E-state index is 5.26. The summed E-state index contributed by atoms with van der Waals surface area (Å²) in [5.41, 5.74) is 0. The number of rotatable bonds is 1. The van der Waals surface area contributed by atoms with E-state index < -0.39 is 0 Å². The minimum absolute atomic E-state index is 0.277. The molecule has 0 radical (unpaired) electrons. The molecule has 2 nitrogen and oxygen atoms in total. The van der Waals surface area contributed by atoms with Gasteiger partial charge in [-0.1, -0.05) is 22.6 Å². The molecular formula is C5H9IO2. The first-order chi connectivity index (χ1) is 3.77. The maximum absolute atomic E-state index is 5.26. The summed E-state index contributed by atoms with van der Waals surface area (Å²) in [4.78, 5) is 0. The topological polar surface area (TPSA) is 18.5 Å². The molecule has 0 unspecified atom stereocenters. The van der Waals surface area contributed by atoms with E-state index in [1.54, 1.807) is 0 Å². The van der Waals surface area contributed by atoms with Crippen LogP contribution in [0.1, 0.15) is 6.92 Å². The van der Waals surface area contributed by atoms with Crippen molar-refractivity contribution in [1.82, 2.24) is 0 Å². The zero-order chi connectivity index (χ0) is 6.04. The van der Waals surface area contributed by atoms with Gasteiger partial charge in [-0.3, -0.25) is 0 Å². The number of hydrogen-bond donors (Lipinski definition) is 0. The van der Waals surface area contributed by atoms with Gasteiger partial charge in [0.2, 0.25) is 0 Å². The third kappa shape index (κ3) is 1.33. The molecule has 0 aromatic heterocycles. The maximum Gasteiger partial charge on any atom is 0.174 e. The number of alkyl halides is 1. The van der Waals surface area contributed by atoms with Crippen LogP contribution in [0.25, 0.3) is 0 Å². The summed E-state index contributed by atoms with van der Waals surface area (Å²) < 4.78 is 11.4. The molecule has 8 heavy (non-hydrogen) atoms. The molecule has 1 saturated heterocycles. The lowest BCUT2D eigenvalue weighted by Crippen LogP contribution is -2.26. The summed E-state index contributed by atoms with van der Waals surface area (Å²) in [7, 11) is 0. The fraction of sp³-hybridized carbons (Fsp3) is 1.00. The van der Waals surface area contributed by atoms with E-state index in [9.17, 15) is 0 Å². The zero-order valence-corrected chi connectivity index (χ0v) is 6.97. The molecule has 0 saturated carbocycles. The summed E-state index contributed by atoms with van der Waals surface area (Å²) in [5.74, 6) is -0.277. The van der Waals surface area contributed by atoms with E-state index in [2.05, 4.69) is 22.6 Å². The van der Waals surface area contributed by atoms with Crippen LogP contribution in [0.5, 0.6) is 0 Å². The molecule has 1 heterocycles. The molecule has 1 aliphatic rings. The first-order valence-electron chi connectivity index (χ1n) is 2.61. The zero-order valence-electron chi connectivity index (χ0n) is 4.82. The standard InChI is InChI=1S/C5H9IO2/c1-5(4-6)7-2-3-8-5/h2-4H2,1H3. The average Bonchev–Trinajstić information content (AvgIpc) is 2.17. The van der Waals surface area contributed by atoms with Crippen LogP contribution in [0.15, 0.2) is 0 Å². The molecule has 48 valence electrons. The lowest BCUT2D eigenvalue weighted by molar-refractivity contribution is -0.119. The minimum atomic E-state index is -0.277. The Morgan fingerprint density at radius 3 is 2.25 bits per heavy atom. The fourth-order valence-electron chi connectivity index (χ4n) is 0.634. The summed E-state index contributed by atoms with van der Waals surface area (Å²) in [6.45, 7) is 3.46. The van der Waals surface area contributed by atoms with Crippen LogP contribution in [-0.2, 0) is 9.47 Å². The molecule has 1 fully saturated rings. The smallest absolute Gasteiger partial charge is 0.174 e. The van der Waals surface area contributed by atoms with Gasteiger partial charge in [0, 0.05) is 0 Å². The summed E-state index contributed by atoms with van der Waals surface area (Å²) in [6, 6.07) is 0. The predicted octanol–water partition coefficient (Wildman–Crippen LogP) is 1.18. The van der Waals surface area contributed by atoms with E-state index in [1.807, 2.05) is 6.92 Å². The van der Waals surface area contributed by atoms with Gasteiger partial charge in [0.15, 0.2) is 5.79 Å². The van der Waals surface area contributed by atoms with Crippen molar-refractivity contribution >= 4 is 22.6 Å². The molecule has 0 spiro atoms. The van der Waals surface area contributed by atoms with Gasteiger partial charge in [-0.25, -0.2) is 0 Å². The Morgan fingerprint density at radius 1 is 1.50 bits per heavy atom. The van der Waals surface area contributed by atoms with Crippen LogP contribution in [0.2, 0.25) is 0 Å². The summed E-state index contributed by atoms with van der Waals surface area (Å²) >= 11 is 2.26. The molecule has 1 aliphatic heterocycles. The lowest BCUT2D eigenvalue weighted by Gasteiger charge is -2.17. The van der Waals surface area contributed by atoms with Gasteiger partial charge in [0.1, 0.15) is 0 Å². The van der Waals surface area contributed by atoms with Gasteiger partial charge >= 0.3 is 0 Å². The van der Waals surface area contributed by atoms with Crippen molar-refractivity contribution in [2.24, 2.45) is 0 Å². The molecule has 0 aliphatic carbocycles. The third-order valence-electron chi connectivity index (χ3n) is 1.14. The summed E-state index contributed by atoms with van der Waals surface area (Å²) in [5, 5.41) is 0. The van der Waals surface area contributed by atoms with E-state index >= 15 is 0 Å². The van der Waals surface area contributed by atoms with Crippen molar-refractivity contribution in [2.45, 2.75) is 12.7 Å². The van der Waals surface area contributed by atoms with Gasteiger partial charge < -0.3 is 9.47 Å². The van der Waals surface area contributed by atoms with Gasteiger partial charge in [0.05, 0.1) is 17.6 Å². The largest absolute Gasteiger partial charge is 0.347 e. The molecule has 0 aromatic carbocycles. The van der Waals surface area contributed by atoms with Crippen molar-refractivity contribution in [3.63, 3.8) is 0 Å². The molecule has 1 rings (SSSR count). The normalized spacial score (nSPS) is 26.2. The van der Waals surface area contributed by atoms with Crippen molar-refractivity contribution in [3.8, 4) is 0 Å². The van der Waals surface area contributed by atoms with Crippen molar-refractivity contribution < 1.29 is 9.47 Å². The van der Waals surface area contributed by atoms with Gasteiger partial charge in [0.25, 0.3) is 0 Å². The van der Waals surface area contributed by atoms with Crippen molar-refractivity contribution in [3.05, 3.63) is 0 Å². The van der Waals surface area contributed by atoms with Gasteiger partial charge in [-0.2, -0.15) is 0 Å². The second-order valence-electron chi connectivity index (χ2n) is 1.96. The Bertz CT molecular complexity index is 78.5. The van der Waals surface area contributed by atoms with Crippen LogP contribution in [0.3, 0.4) is 0 Å². The van der Waals surface area contributed by atoms with Gasteiger partial charge in [-0.05, 0) is 6.92 Å². The second kappa shape index (κ2) is 2.49. The highest BCUT2D eigenvalue weighted by Crippen LogP contribution is 2.20. The first-order valence-corrected chi connectivity index (χ1v) is 4.13. The van der Waals surface area contributed by atoms with Crippen LogP contribution < -0.4 is 0 Å². The molecule has 0 bridgehead atoms. The first kappa shape index (κ1) is 6.77. The van der Waals surface area contributed by atoms with Crippen LogP contribution >= 0.6 is 22.6 Å². The molecule has 3 heteroatoms. The van der Waals surface area contributed by atoms with Gasteiger partial charge in [-0.15, -0.1) is 0 Å². The summed E-state index contributed by atoms with van der Waals surface area (Å²) in [6.07, 6.45) is 0. The minimum Gasteiger partial charge on any atom is -0.347 e. The quantitative estimate of drug-likeness (QED) is 0.495.